The third kappa shape index (κ3) is 6.07. The van der Waals surface area contributed by atoms with Crippen LogP contribution in [0.4, 0.5) is 14.6 Å². The Kier molecular flexibility index (Phi) is 7.76. The van der Waals surface area contributed by atoms with Gasteiger partial charge in [-0.25, -0.2) is 23.7 Å². The topological polar surface area (TPSA) is 151 Å². The van der Waals surface area contributed by atoms with E-state index in [2.05, 4.69) is 20.3 Å². The Morgan fingerprint density at radius 1 is 1.22 bits per heavy atom. The summed E-state index contributed by atoms with van der Waals surface area (Å²) in [4.78, 5) is 37.9. The maximum absolute atomic E-state index is 14.7. The lowest BCUT2D eigenvalue weighted by atomic mass is 10.0. The molecule has 2 fully saturated rings. The number of methoxy groups -OCH3 is 1. The fourth-order valence-corrected chi connectivity index (χ4v) is 4.80. The van der Waals surface area contributed by atoms with Crippen LogP contribution in [0.15, 0.2) is 48.9 Å². The zero-order valence-electron chi connectivity index (χ0n) is 22.0. The molecule has 1 saturated heterocycles. The minimum atomic E-state index is -3.38. The lowest BCUT2D eigenvalue weighted by Gasteiger charge is -2.38. The highest BCUT2D eigenvalue weighted by Gasteiger charge is 2.48. The first-order chi connectivity index (χ1) is 19.7. The number of ether oxygens (including phenoxy) is 2. The predicted molar refractivity (Wildman–Crippen MR) is 140 cm³/mol. The van der Waals surface area contributed by atoms with Gasteiger partial charge >= 0.3 is 5.92 Å². The van der Waals surface area contributed by atoms with Gasteiger partial charge < -0.3 is 24.8 Å². The molecule has 212 valence electrons. The van der Waals surface area contributed by atoms with Crippen LogP contribution < -0.4 is 14.8 Å². The lowest BCUT2D eigenvalue weighted by molar-refractivity contribution is -0.161. The van der Waals surface area contributed by atoms with Gasteiger partial charge in [0.05, 0.1) is 24.9 Å². The van der Waals surface area contributed by atoms with Crippen molar-refractivity contribution in [3.63, 3.8) is 0 Å². The minimum Gasteiger partial charge on any atom is -0.483 e. The number of nitriles is 1. The number of carbonyl (C=O) groups is 2. The third-order valence-corrected chi connectivity index (χ3v) is 7.13. The van der Waals surface area contributed by atoms with Gasteiger partial charge in [0.1, 0.15) is 30.6 Å². The van der Waals surface area contributed by atoms with Gasteiger partial charge in [0.2, 0.25) is 17.7 Å². The smallest absolute Gasteiger partial charge is 0.301 e. The fraction of sp³-hybridized carbons (Fsp3) is 0.357. The molecule has 1 aromatic carbocycles. The first kappa shape index (κ1) is 27.9. The Hall–Kier alpha value is -4.70. The molecule has 0 bridgehead atoms. The minimum absolute atomic E-state index is 0.00631. The van der Waals surface area contributed by atoms with E-state index in [1.54, 1.807) is 24.4 Å². The van der Waals surface area contributed by atoms with Crippen LogP contribution in [0.5, 0.6) is 11.6 Å². The molecule has 2 aliphatic rings. The van der Waals surface area contributed by atoms with Gasteiger partial charge in [-0.3, -0.25) is 9.59 Å². The number of likely N-dealkylation sites (tertiary alicyclic amines) is 1. The second-order valence-corrected chi connectivity index (χ2v) is 9.81. The van der Waals surface area contributed by atoms with Gasteiger partial charge in [-0.1, -0.05) is 6.07 Å². The van der Waals surface area contributed by atoms with Crippen molar-refractivity contribution in [1.29, 1.82) is 5.26 Å². The number of aliphatic hydroxyl groups excluding tert-OH is 1. The molecule has 1 saturated carbocycles. The molecule has 41 heavy (non-hydrogen) atoms. The molecule has 2 N–H and O–H groups in total. The Morgan fingerprint density at radius 3 is 2.73 bits per heavy atom. The molecule has 5 rings (SSSR count). The third-order valence-electron chi connectivity index (χ3n) is 7.13. The number of halogens is 2. The number of amides is 2. The molecule has 3 aromatic rings. The average Bonchev–Trinajstić information content (AvgIpc) is 3.79. The van der Waals surface area contributed by atoms with Crippen molar-refractivity contribution in [3.8, 4) is 29.0 Å². The largest absolute Gasteiger partial charge is 0.483 e. The Labute approximate surface area is 233 Å². The number of hydrogen-bond donors (Lipinski definition) is 2. The normalized spacial score (nSPS) is 21.0. The van der Waals surface area contributed by atoms with Crippen molar-refractivity contribution < 1.29 is 33.0 Å². The van der Waals surface area contributed by atoms with Crippen molar-refractivity contribution in [1.82, 2.24) is 19.9 Å². The highest BCUT2D eigenvalue weighted by Crippen LogP contribution is 2.48. The van der Waals surface area contributed by atoms with E-state index in [0.29, 0.717) is 23.6 Å². The molecular formula is C28H26F2N6O5. The second-order valence-electron chi connectivity index (χ2n) is 9.81. The summed E-state index contributed by atoms with van der Waals surface area (Å²) in [6.45, 7) is -1.74. The van der Waals surface area contributed by atoms with Gasteiger partial charge in [-0.2, -0.15) is 5.26 Å². The monoisotopic (exact) mass is 564 g/mol. The van der Waals surface area contributed by atoms with Gasteiger partial charge in [-0.15, -0.1) is 0 Å². The zero-order chi connectivity index (χ0) is 29.1. The molecule has 2 amide bonds. The summed E-state index contributed by atoms with van der Waals surface area (Å²) in [6, 6.07) is 11.6. The number of benzene rings is 1. The van der Waals surface area contributed by atoms with Crippen molar-refractivity contribution in [3.05, 3.63) is 60.0 Å². The molecule has 13 heteroatoms. The number of nitrogens with zero attached hydrogens (tertiary/aromatic N) is 5. The SMILES string of the molecule is COc1ccc([C@@H]2C[C@H]2C(=O)Nc2cc(-c3ccc(O[C@H]4CCN(C(=O)CO)CC4(F)F)c(C#N)c3)ncn2)cn1. The highest BCUT2D eigenvalue weighted by molar-refractivity contribution is 5.94. The van der Waals surface area contributed by atoms with Crippen LogP contribution in [0.2, 0.25) is 0 Å². The molecule has 0 radical (unpaired) electrons. The van der Waals surface area contributed by atoms with Gasteiger partial charge in [0, 0.05) is 42.8 Å². The number of carbonyl (C=O) groups excluding carboxylic acids is 2. The fourth-order valence-electron chi connectivity index (χ4n) is 4.80. The maximum Gasteiger partial charge on any atom is 0.301 e. The number of piperidine rings is 1. The summed E-state index contributed by atoms with van der Waals surface area (Å²) in [5.74, 6) is -3.77. The van der Waals surface area contributed by atoms with Gasteiger partial charge in [0.25, 0.3) is 0 Å². The van der Waals surface area contributed by atoms with E-state index in [1.165, 1.54) is 25.6 Å². The van der Waals surface area contributed by atoms with Crippen LogP contribution >= 0.6 is 0 Å². The lowest BCUT2D eigenvalue weighted by Crippen LogP contribution is -2.55. The molecule has 0 unspecified atom stereocenters. The van der Waals surface area contributed by atoms with Crippen molar-refractivity contribution in [2.45, 2.75) is 30.8 Å². The standard InChI is InChI=1S/C28H26F2N6O5/c1-40-25-5-3-17(12-32-25)19-9-20(19)27(39)35-24-10-21(33-15-34-24)16-2-4-22(18(8-16)11-31)41-23-6-7-36(26(38)13-37)14-28(23,29)30/h2-5,8,10,12,15,19-20,23,37H,6-7,9,13-14H2,1H3,(H,33,34,35,39)/t19-,20+,23-/m0/s1. The summed E-state index contributed by atoms with van der Waals surface area (Å²) in [6.07, 6.45) is 1.94. The van der Waals surface area contributed by atoms with Crippen LogP contribution in [0.3, 0.4) is 0 Å². The molecule has 3 heterocycles. The van der Waals surface area contributed by atoms with Gasteiger partial charge in [0.15, 0.2) is 6.10 Å². The molecule has 3 atom stereocenters. The number of anilines is 1. The van der Waals surface area contributed by atoms with E-state index in [-0.39, 0.29) is 47.8 Å². The maximum atomic E-state index is 14.7. The molecule has 0 spiro atoms. The summed E-state index contributed by atoms with van der Waals surface area (Å²) in [5.41, 5.74) is 1.87. The highest BCUT2D eigenvalue weighted by atomic mass is 19.3. The number of aliphatic hydroxyl groups is 1. The number of nitrogens with one attached hydrogen (secondary N) is 1. The zero-order valence-corrected chi connectivity index (χ0v) is 22.0. The first-order valence-electron chi connectivity index (χ1n) is 12.8. The Morgan fingerprint density at radius 2 is 2.05 bits per heavy atom. The Bertz CT molecular complexity index is 1500. The summed E-state index contributed by atoms with van der Waals surface area (Å²) < 4.78 is 40.0. The van der Waals surface area contributed by atoms with Crippen molar-refractivity contribution in [2.24, 2.45) is 5.92 Å². The summed E-state index contributed by atoms with van der Waals surface area (Å²) in [7, 11) is 1.53. The number of alkyl halides is 2. The number of hydrogen-bond acceptors (Lipinski definition) is 9. The van der Waals surface area contributed by atoms with Crippen LogP contribution in [0, 0.1) is 17.2 Å². The number of rotatable bonds is 8. The molecule has 1 aliphatic heterocycles. The number of pyridine rings is 1. The molecule has 11 nitrogen and oxygen atoms in total. The van der Waals surface area contributed by atoms with Crippen molar-refractivity contribution >= 4 is 17.6 Å². The molecular weight excluding hydrogens is 538 g/mol. The van der Waals surface area contributed by atoms with Crippen LogP contribution in [-0.2, 0) is 9.59 Å². The molecule has 1 aliphatic carbocycles. The van der Waals surface area contributed by atoms with Gasteiger partial charge in [-0.05, 0) is 36.1 Å². The molecule has 2 aromatic heterocycles. The second kappa shape index (κ2) is 11.4. The van der Waals surface area contributed by atoms with Crippen LogP contribution in [-0.4, -0.2) is 75.6 Å². The van der Waals surface area contributed by atoms with E-state index in [9.17, 15) is 23.6 Å². The summed E-state index contributed by atoms with van der Waals surface area (Å²) in [5, 5.41) is 21.5. The van der Waals surface area contributed by atoms with E-state index in [1.807, 2.05) is 12.1 Å². The van der Waals surface area contributed by atoms with E-state index < -0.39 is 31.1 Å². The quantitative estimate of drug-likeness (QED) is 0.421. The average molecular weight is 565 g/mol. The van der Waals surface area contributed by atoms with E-state index in [0.717, 1.165) is 10.5 Å². The first-order valence-corrected chi connectivity index (χ1v) is 12.8. The number of aromatic nitrogens is 3. The predicted octanol–water partition coefficient (Wildman–Crippen LogP) is 2.77. The van der Waals surface area contributed by atoms with E-state index >= 15 is 0 Å². The Balaban J connectivity index is 1.25. The summed E-state index contributed by atoms with van der Waals surface area (Å²) >= 11 is 0. The van der Waals surface area contributed by atoms with Crippen molar-refractivity contribution in [2.75, 3.05) is 32.1 Å². The van der Waals surface area contributed by atoms with E-state index in [4.69, 9.17) is 14.6 Å². The van der Waals surface area contributed by atoms with Crippen LogP contribution in [0.1, 0.15) is 29.9 Å². The van der Waals surface area contributed by atoms with Crippen LogP contribution in [0.25, 0.3) is 11.3 Å².